The van der Waals surface area contributed by atoms with Crippen molar-refractivity contribution in [2.24, 2.45) is 0 Å². The third kappa shape index (κ3) is 3.67. The molecule has 15 heavy (non-hydrogen) atoms. The summed E-state index contributed by atoms with van der Waals surface area (Å²) >= 11 is 3.40. The number of alkyl halides is 1. The molecule has 0 aliphatic carbocycles. The zero-order valence-electron chi connectivity index (χ0n) is 8.74. The maximum atomic E-state index is 10.7. The van der Waals surface area contributed by atoms with Crippen LogP contribution in [0.15, 0.2) is 24.3 Å². The predicted octanol–water partition coefficient (Wildman–Crippen LogP) is 3.55. The number of halogens is 1. The van der Waals surface area contributed by atoms with Gasteiger partial charge in [0, 0.05) is 5.33 Å². The molecule has 1 aromatic carbocycles. The molecule has 0 fully saturated rings. The molecule has 0 aliphatic heterocycles. The van der Waals surface area contributed by atoms with Gasteiger partial charge >= 0.3 is 5.97 Å². The van der Waals surface area contributed by atoms with E-state index >= 15 is 0 Å². The molecule has 0 unspecified atom stereocenters. The molecule has 0 saturated carbocycles. The van der Waals surface area contributed by atoms with Crippen molar-refractivity contribution in [2.45, 2.75) is 31.0 Å². The van der Waals surface area contributed by atoms with E-state index in [2.05, 4.69) is 22.0 Å². The van der Waals surface area contributed by atoms with Gasteiger partial charge < -0.3 is 5.11 Å². The number of carbonyl (C=O) groups is 1. The van der Waals surface area contributed by atoms with Gasteiger partial charge in [0.15, 0.2) is 0 Å². The number of rotatable bonds is 5. The highest BCUT2D eigenvalue weighted by molar-refractivity contribution is 9.08. The summed E-state index contributed by atoms with van der Waals surface area (Å²) in [6, 6.07) is 8.09. The highest BCUT2D eigenvalue weighted by atomic mass is 79.9. The molecule has 82 valence electrons. The van der Waals surface area contributed by atoms with Crippen LogP contribution in [0.2, 0.25) is 0 Å². The largest absolute Gasteiger partial charge is 0.481 e. The molecule has 0 amide bonds. The first-order valence-corrected chi connectivity index (χ1v) is 6.16. The lowest BCUT2D eigenvalue weighted by atomic mass is 9.92. The van der Waals surface area contributed by atoms with Gasteiger partial charge in [0.1, 0.15) is 0 Å². The van der Waals surface area contributed by atoms with E-state index in [1.54, 1.807) is 0 Å². The molecular weight excluding hydrogens is 256 g/mol. The van der Waals surface area contributed by atoms with Gasteiger partial charge in [0.2, 0.25) is 0 Å². The van der Waals surface area contributed by atoms with Crippen molar-refractivity contribution in [1.82, 2.24) is 0 Å². The van der Waals surface area contributed by atoms with E-state index in [1.165, 1.54) is 5.56 Å². The molecule has 0 aliphatic rings. The fourth-order valence-electron chi connectivity index (χ4n) is 1.64. The van der Waals surface area contributed by atoms with Gasteiger partial charge in [-0.3, -0.25) is 4.79 Å². The normalized spacial score (nSPS) is 12.4. The molecule has 0 spiro atoms. The minimum Gasteiger partial charge on any atom is -0.481 e. The van der Waals surface area contributed by atoms with Gasteiger partial charge in [-0.2, -0.15) is 0 Å². The summed E-state index contributed by atoms with van der Waals surface area (Å²) in [7, 11) is 0. The molecule has 1 atom stereocenters. The molecule has 1 rings (SSSR count). The zero-order valence-corrected chi connectivity index (χ0v) is 10.3. The van der Waals surface area contributed by atoms with Crippen LogP contribution in [0.1, 0.15) is 36.8 Å². The number of carboxylic acid groups (broad SMARTS) is 1. The Morgan fingerprint density at radius 1 is 1.53 bits per heavy atom. The fourth-order valence-corrected chi connectivity index (χ4v) is 1.99. The molecule has 1 N–H and O–H groups in total. The number of benzene rings is 1. The molecule has 0 radical (unpaired) electrons. The van der Waals surface area contributed by atoms with Crippen molar-refractivity contribution in [3.05, 3.63) is 35.4 Å². The Bertz CT molecular complexity index is 336. The highest BCUT2D eigenvalue weighted by Crippen LogP contribution is 2.24. The van der Waals surface area contributed by atoms with Crippen LogP contribution in [0.3, 0.4) is 0 Å². The van der Waals surface area contributed by atoms with Crippen molar-refractivity contribution in [3.63, 3.8) is 0 Å². The van der Waals surface area contributed by atoms with Crippen molar-refractivity contribution < 1.29 is 9.90 Å². The van der Waals surface area contributed by atoms with E-state index in [0.717, 1.165) is 17.3 Å². The van der Waals surface area contributed by atoms with Crippen LogP contribution in [0.4, 0.5) is 0 Å². The summed E-state index contributed by atoms with van der Waals surface area (Å²) in [6.45, 7) is 2.02. The zero-order chi connectivity index (χ0) is 11.3. The van der Waals surface area contributed by atoms with Crippen molar-refractivity contribution in [2.75, 3.05) is 0 Å². The monoisotopic (exact) mass is 270 g/mol. The Hall–Kier alpha value is -0.830. The minimum absolute atomic E-state index is 0.126. The molecule has 0 heterocycles. The van der Waals surface area contributed by atoms with E-state index in [4.69, 9.17) is 5.11 Å². The topological polar surface area (TPSA) is 37.3 Å². The number of hydrogen-bond donors (Lipinski definition) is 1. The smallest absolute Gasteiger partial charge is 0.303 e. The van der Waals surface area contributed by atoms with Crippen LogP contribution in [0.5, 0.6) is 0 Å². The second kappa shape index (κ2) is 5.91. The SMILES string of the molecule is CC[C@@H](CC(=O)O)c1cccc(CBr)c1. The van der Waals surface area contributed by atoms with Crippen molar-refractivity contribution in [3.8, 4) is 0 Å². The fraction of sp³-hybridized carbons (Fsp3) is 0.417. The predicted molar refractivity (Wildman–Crippen MR) is 64.4 cm³/mol. The average Bonchev–Trinajstić information content (AvgIpc) is 2.25. The standard InChI is InChI=1S/C12H15BrO2/c1-2-10(7-12(14)15)11-5-3-4-9(6-11)8-13/h3-6,10H,2,7-8H2,1H3,(H,14,15)/t10-/m0/s1. The summed E-state index contributed by atoms with van der Waals surface area (Å²) in [5.74, 6) is -0.604. The highest BCUT2D eigenvalue weighted by Gasteiger charge is 2.13. The Balaban J connectivity index is 2.85. The van der Waals surface area contributed by atoms with E-state index in [-0.39, 0.29) is 12.3 Å². The average molecular weight is 271 g/mol. The van der Waals surface area contributed by atoms with Crippen LogP contribution in [-0.2, 0) is 10.1 Å². The Morgan fingerprint density at radius 3 is 2.80 bits per heavy atom. The quantitative estimate of drug-likeness (QED) is 0.831. The first-order chi connectivity index (χ1) is 7.17. The first-order valence-electron chi connectivity index (χ1n) is 5.04. The number of hydrogen-bond acceptors (Lipinski definition) is 1. The van der Waals surface area contributed by atoms with Gasteiger partial charge in [-0.05, 0) is 23.5 Å². The van der Waals surface area contributed by atoms with Gasteiger partial charge in [0.05, 0.1) is 6.42 Å². The van der Waals surface area contributed by atoms with Gasteiger partial charge in [-0.1, -0.05) is 47.1 Å². The first kappa shape index (κ1) is 12.2. The molecule has 0 bridgehead atoms. The van der Waals surface area contributed by atoms with Crippen LogP contribution < -0.4 is 0 Å². The van der Waals surface area contributed by atoms with Crippen LogP contribution in [0.25, 0.3) is 0 Å². The molecule has 0 aromatic heterocycles. The Labute approximate surface area is 98.4 Å². The number of carboxylic acids is 1. The molecule has 2 nitrogen and oxygen atoms in total. The Morgan fingerprint density at radius 2 is 2.27 bits per heavy atom. The lowest BCUT2D eigenvalue weighted by Crippen LogP contribution is -2.05. The summed E-state index contributed by atoms with van der Waals surface area (Å²) in [4.78, 5) is 10.7. The second-order valence-corrected chi connectivity index (χ2v) is 4.14. The van der Waals surface area contributed by atoms with E-state index in [9.17, 15) is 4.79 Å². The van der Waals surface area contributed by atoms with Crippen molar-refractivity contribution in [1.29, 1.82) is 0 Å². The van der Waals surface area contributed by atoms with E-state index in [0.29, 0.717) is 0 Å². The summed E-state index contributed by atoms with van der Waals surface area (Å²) in [5, 5.41) is 9.60. The maximum absolute atomic E-state index is 10.7. The van der Waals surface area contributed by atoms with E-state index in [1.807, 2.05) is 25.1 Å². The second-order valence-electron chi connectivity index (χ2n) is 3.58. The summed E-state index contributed by atoms with van der Waals surface area (Å²) in [6.07, 6.45) is 1.07. The van der Waals surface area contributed by atoms with Crippen LogP contribution in [-0.4, -0.2) is 11.1 Å². The minimum atomic E-state index is -0.730. The lowest BCUT2D eigenvalue weighted by Gasteiger charge is -2.13. The van der Waals surface area contributed by atoms with E-state index < -0.39 is 5.97 Å². The van der Waals surface area contributed by atoms with Gasteiger partial charge in [-0.25, -0.2) is 0 Å². The maximum Gasteiger partial charge on any atom is 0.303 e. The lowest BCUT2D eigenvalue weighted by molar-refractivity contribution is -0.137. The summed E-state index contributed by atoms with van der Waals surface area (Å²) in [5.41, 5.74) is 2.31. The molecule has 1 aromatic rings. The third-order valence-electron chi connectivity index (χ3n) is 2.49. The van der Waals surface area contributed by atoms with Crippen LogP contribution >= 0.6 is 15.9 Å². The van der Waals surface area contributed by atoms with Gasteiger partial charge in [0.25, 0.3) is 0 Å². The van der Waals surface area contributed by atoms with Crippen LogP contribution in [0, 0.1) is 0 Å². The van der Waals surface area contributed by atoms with Crippen molar-refractivity contribution >= 4 is 21.9 Å². The molecule has 0 saturated heterocycles. The summed E-state index contributed by atoms with van der Waals surface area (Å²) < 4.78 is 0. The Kier molecular flexibility index (Phi) is 4.82. The molecule has 3 heteroatoms. The number of aliphatic carboxylic acids is 1. The third-order valence-corrected chi connectivity index (χ3v) is 3.14. The van der Waals surface area contributed by atoms with Gasteiger partial charge in [-0.15, -0.1) is 0 Å². The molecular formula is C12H15BrO2.